The maximum atomic E-state index is 14.1. The summed E-state index contributed by atoms with van der Waals surface area (Å²) in [5.41, 5.74) is 10.3. The predicted molar refractivity (Wildman–Crippen MR) is 224 cm³/mol. The van der Waals surface area contributed by atoms with Crippen molar-refractivity contribution in [3.63, 3.8) is 0 Å². The van der Waals surface area contributed by atoms with Gasteiger partial charge in [0.1, 0.15) is 16.8 Å². The number of amides is 5. The summed E-state index contributed by atoms with van der Waals surface area (Å²) in [4.78, 5) is 66.8. The third-order valence-electron chi connectivity index (χ3n) is 11.5. The van der Waals surface area contributed by atoms with Crippen molar-refractivity contribution in [2.75, 3.05) is 32.1 Å². The molecular weight excluding hydrogens is 779 g/mol. The molecule has 1 atom stereocenters. The third kappa shape index (κ3) is 9.36. The smallest absolute Gasteiger partial charge is 0.266 e. The molecule has 1 unspecified atom stereocenters. The van der Waals surface area contributed by atoms with Crippen molar-refractivity contribution in [1.82, 2.24) is 19.7 Å². The quantitative estimate of drug-likeness (QED) is 0.0616. The number of unbranched alkanes of at least 4 members (excludes halogenated alkanes) is 3. The second kappa shape index (κ2) is 17.8. The molecule has 59 heavy (non-hydrogen) atoms. The van der Waals surface area contributed by atoms with E-state index in [1.807, 2.05) is 55.7 Å². The number of thiocarbonyl (C=S) groups is 1. The van der Waals surface area contributed by atoms with Gasteiger partial charge in [-0.25, -0.2) is 8.78 Å². The number of alkyl halides is 2. The van der Waals surface area contributed by atoms with Crippen molar-refractivity contribution in [2.24, 2.45) is 5.73 Å². The van der Waals surface area contributed by atoms with Crippen LogP contribution in [0.1, 0.15) is 103 Å². The van der Waals surface area contributed by atoms with Crippen LogP contribution in [0.5, 0.6) is 5.75 Å². The number of nitrogens with one attached hydrogen (secondary N) is 2. The minimum Gasteiger partial charge on any atom is -0.493 e. The van der Waals surface area contributed by atoms with Gasteiger partial charge in [0.2, 0.25) is 23.6 Å². The Labute approximate surface area is 346 Å². The minimum atomic E-state index is -2.65. The van der Waals surface area contributed by atoms with E-state index in [-0.39, 0.29) is 48.8 Å². The normalized spacial score (nSPS) is 18.0. The van der Waals surface area contributed by atoms with Gasteiger partial charge in [0.25, 0.3) is 11.8 Å². The fourth-order valence-electron chi connectivity index (χ4n) is 8.26. The summed E-state index contributed by atoms with van der Waals surface area (Å²) in [7, 11) is 1.98. The van der Waals surface area contributed by atoms with Crippen molar-refractivity contribution in [3.05, 3.63) is 83.6 Å². The number of aromatic nitrogens is 1. The number of imide groups is 2. The van der Waals surface area contributed by atoms with Gasteiger partial charge in [0.05, 0.1) is 23.3 Å². The number of nitrogens with two attached hydrogens (primary N) is 1. The van der Waals surface area contributed by atoms with Gasteiger partial charge < -0.3 is 25.3 Å². The van der Waals surface area contributed by atoms with E-state index >= 15 is 0 Å². The first-order valence-corrected chi connectivity index (χ1v) is 20.6. The van der Waals surface area contributed by atoms with Crippen molar-refractivity contribution >= 4 is 63.3 Å². The van der Waals surface area contributed by atoms with Crippen LogP contribution in [0.2, 0.25) is 0 Å². The van der Waals surface area contributed by atoms with Gasteiger partial charge in [-0.15, -0.1) is 0 Å². The fourth-order valence-corrected chi connectivity index (χ4v) is 8.38. The molecule has 5 amide bonds. The van der Waals surface area contributed by atoms with Gasteiger partial charge in [-0.05, 0) is 81.6 Å². The summed E-state index contributed by atoms with van der Waals surface area (Å²) >= 11 is 5.21. The SMILES string of the molecule is CN(CCCCCCOc1cccc2c1C(=O)N(C1CCC(=O)NC1=O)C2=O)CCC(=O)Nc1ccc2c(-c3cccc(C(N)=S)c3)cn(C3CCC(F)(F)CC3)c2c1. The van der Waals surface area contributed by atoms with Gasteiger partial charge in [0, 0.05) is 66.7 Å². The van der Waals surface area contributed by atoms with E-state index in [1.54, 1.807) is 12.1 Å². The Morgan fingerprint density at radius 2 is 1.71 bits per heavy atom. The zero-order valence-corrected chi connectivity index (χ0v) is 33.8. The molecule has 4 N–H and O–H groups in total. The Morgan fingerprint density at radius 1 is 0.949 bits per heavy atom. The van der Waals surface area contributed by atoms with Gasteiger partial charge in [0.15, 0.2) is 0 Å². The lowest BCUT2D eigenvalue weighted by Gasteiger charge is -2.29. The van der Waals surface area contributed by atoms with Gasteiger partial charge in [-0.3, -0.25) is 34.2 Å². The molecule has 4 aromatic rings. The molecule has 1 aliphatic carbocycles. The Bertz CT molecular complexity index is 2300. The standard InChI is InChI=1S/C44H48F2N6O6S/c1-50(21-4-2-3-5-23-58-36-11-7-10-32-39(36)43(57)52(42(32)56)34-14-15-37(53)49-41(34)55)22-18-38(54)48-29-12-13-31-33(27-8-6-9-28(24-27)40(47)59)26-51(35(31)25-29)30-16-19-44(45,46)20-17-30/h6-13,24-26,30,34H,2-5,14-23H2,1H3,(H2,47,59)(H,48,54)(H,49,53,55). The predicted octanol–water partition coefficient (Wildman–Crippen LogP) is 6.99. The van der Waals surface area contributed by atoms with Crippen LogP contribution in [0.15, 0.2) is 66.9 Å². The Balaban J connectivity index is 0.869. The zero-order chi connectivity index (χ0) is 41.8. The molecular formula is C44H48F2N6O6S. The first kappa shape index (κ1) is 41.6. The highest BCUT2D eigenvalue weighted by molar-refractivity contribution is 7.80. The molecule has 3 aromatic carbocycles. The summed E-state index contributed by atoms with van der Waals surface area (Å²) in [6, 6.07) is 17.1. The highest BCUT2D eigenvalue weighted by Gasteiger charge is 2.46. The van der Waals surface area contributed by atoms with Crippen molar-refractivity contribution in [3.8, 4) is 16.9 Å². The monoisotopic (exact) mass is 826 g/mol. The van der Waals surface area contributed by atoms with Gasteiger partial charge >= 0.3 is 0 Å². The Kier molecular flexibility index (Phi) is 12.5. The number of piperidine rings is 1. The second-order valence-corrected chi connectivity index (χ2v) is 16.1. The lowest BCUT2D eigenvalue weighted by atomic mass is 9.92. The van der Waals surface area contributed by atoms with Crippen LogP contribution in [0.3, 0.4) is 0 Å². The third-order valence-corrected chi connectivity index (χ3v) is 11.7. The molecule has 1 aromatic heterocycles. The molecule has 2 aliphatic heterocycles. The number of nitrogens with zero attached hydrogens (tertiary/aromatic N) is 3. The van der Waals surface area contributed by atoms with E-state index < -0.39 is 35.6 Å². The number of anilines is 1. The first-order chi connectivity index (χ1) is 28.3. The van der Waals surface area contributed by atoms with Crippen LogP contribution < -0.4 is 21.1 Å². The van der Waals surface area contributed by atoms with E-state index in [9.17, 15) is 32.8 Å². The molecule has 7 rings (SSSR count). The molecule has 0 radical (unpaired) electrons. The number of ether oxygens (including phenoxy) is 1. The molecule has 3 aliphatic rings. The van der Waals surface area contributed by atoms with Crippen molar-refractivity contribution in [1.29, 1.82) is 0 Å². The molecule has 0 bridgehead atoms. The van der Waals surface area contributed by atoms with Crippen LogP contribution in [-0.2, 0) is 14.4 Å². The van der Waals surface area contributed by atoms with Crippen LogP contribution in [0.4, 0.5) is 14.5 Å². The maximum absolute atomic E-state index is 14.1. The lowest BCUT2D eigenvalue weighted by Crippen LogP contribution is -2.54. The lowest BCUT2D eigenvalue weighted by molar-refractivity contribution is -0.136. The number of halogens is 2. The average molecular weight is 827 g/mol. The molecule has 12 nitrogen and oxygen atoms in total. The second-order valence-electron chi connectivity index (χ2n) is 15.7. The summed E-state index contributed by atoms with van der Waals surface area (Å²) in [6.45, 7) is 1.71. The van der Waals surface area contributed by atoms with E-state index in [0.717, 1.165) is 64.7 Å². The van der Waals surface area contributed by atoms with Crippen molar-refractivity contribution < 1.29 is 37.5 Å². The molecule has 3 heterocycles. The molecule has 1 saturated heterocycles. The van der Waals surface area contributed by atoms with Crippen molar-refractivity contribution in [2.45, 2.75) is 88.6 Å². The van der Waals surface area contributed by atoms with Crippen LogP contribution in [0, 0.1) is 0 Å². The van der Waals surface area contributed by atoms with E-state index in [1.165, 1.54) is 6.07 Å². The largest absolute Gasteiger partial charge is 0.493 e. The topological polar surface area (TPSA) is 156 Å². The number of hydrogen-bond donors (Lipinski definition) is 3. The van der Waals surface area contributed by atoms with E-state index in [0.29, 0.717) is 48.8 Å². The summed E-state index contributed by atoms with van der Waals surface area (Å²) in [5, 5.41) is 6.18. The number of benzene rings is 3. The van der Waals surface area contributed by atoms with Crippen LogP contribution >= 0.6 is 12.2 Å². The molecule has 1 saturated carbocycles. The highest BCUT2D eigenvalue weighted by atomic mass is 32.1. The number of carbonyl (C=O) groups is 5. The van der Waals surface area contributed by atoms with Crippen LogP contribution in [-0.4, -0.2) is 87.6 Å². The zero-order valence-electron chi connectivity index (χ0n) is 32.9. The molecule has 0 spiro atoms. The molecule has 310 valence electrons. The first-order valence-electron chi connectivity index (χ1n) is 20.2. The van der Waals surface area contributed by atoms with E-state index in [4.69, 9.17) is 22.7 Å². The maximum Gasteiger partial charge on any atom is 0.266 e. The Hall–Kier alpha value is -5.54. The summed E-state index contributed by atoms with van der Waals surface area (Å²) in [5.74, 6) is -4.74. The van der Waals surface area contributed by atoms with Gasteiger partial charge in [-0.2, -0.15) is 0 Å². The number of fused-ring (bicyclic) bond motifs is 2. The number of carbonyl (C=O) groups excluding carboxylic acids is 5. The van der Waals surface area contributed by atoms with Crippen LogP contribution in [0.25, 0.3) is 22.0 Å². The molecule has 15 heteroatoms. The number of rotatable bonds is 16. The average Bonchev–Trinajstić information content (AvgIpc) is 3.71. The summed E-state index contributed by atoms with van der Waals surface area (Å²) in [6.07, 6.45) is 6.27. The van der Waals surface area contributed by atoms with E-state index in [2.05, 4.69) is 20.1 Å². The fraction of sp³-hybridized carbons (Fsp3) is 0.409. The highest BCUT2D eigenvalue weighted by Crippen LogP contribution is 2.42. The minimum absolute atomic E-state index is 0.0502. The Morgan fingerprint density at radius 3 is 2.47 bits per heavy atom. The van der Waals surface area contributed by atoms with Gasteiger partial charge in [-0.1, -0.05) is 55.4 Å². The number of hydrogen-bond acceptors (Lipinski definition) is 8. The summed E-state index contributed by atoms with van der Waals surface area (Å²) < 4.78 is 36.3. The molecule has 2 fully saturated rings.